The fourth-order valence-corrected chi connectivity index (χ4v) is 1.13. The molecule has 4 heteroatoms. The van der Waals surface area contributed by atoms with Gasteiger partial charge in [-0.3, -0.25) is 15.0 Å². The molecule has 4 nitrogen and oxygen atoms in total. The fourth-order valence-electron chi connectivity index (χ4n) is 1.13. The molecule has 0 saturated heterocycles. The largest absolute Gasteiger partial charge is 0.373 e. The van der Waals surface area contributed by atoms with E-state index in [1.54, 1.807) is 18.6 Å². The second kappa shape index (κ2) is 3.35. The van der Waals surface area contributed by atoms with Crippen molar-refractivity contribution in [3.8, 4) is 0 Å². The van der Waals surface area contributed by atoms with E-state index in [4.69, 9.17) is 0 Å². The van der Waals surface area contributed by atoms with Gasteiger partial charge in [0.25, 0.3) is 0 Å². The van der Waals surface area contributed by atoms with Crippen molar-refractivity contribution in [1.82, 2.24) is 14.9 Å². The Bertz CT molecular complexity index is 342. The molecule has 0 aromatic carbocycles. The Morgan fingerprint density at radius 1 is 1.38 bits per heavy atom. The second-order valence-corrected chi connectivity index (χ2v) is 2.86. The minimum atomic E-state index is 0.810. The minimum absolute atomic E-state index is 0.810. The number of hydrogen-bond acceptors (Lipinski definition) is 4. The van der Waals surface area contributed by atoms with E-state index in [0.717, 1.165) is 17.9 Å². The van der Waals surface area contributed by atoms with Gasteiger partial charge in [-0.1, -0.05) is 0 Å². The Balaban J connectivity index is 2.32. The first-order valence-electron chi connectivity index (χ1n) is 4.07. The smallest absolute Gasteiger partial charge is 0.108 e. The number of rotatable bonds is 1. The molecule has 0 aliphatic carbocycles. The van der Waals surface area contributed by atoms with Crippen LogP contribution in [-0.2, 0) is 0 Å². The molecule has 0 fully saturated rings. The summed E-state index contributed by atoms with van der Waals surface area (Å²) in [6.07, 6.45) is 8.86. The molecule has 2 rings (SSSR count). The summed E-state index contributed by atoms with van der Waals surface area (Å²) in [6, 6.07) is 0. The highest BCUT2D eigenvalue weighted by molar-refractivity contribution is 5.75. The van der Waals surface area contributed by atoms with E-state index in [-0.39, 0.29) is 0 Å². The number of aliphatic imine (C=N–C) groups is 1. The first-order valence-corrected chi connectivity index (χ1v) is 4.07. The van der Waals surface area contributed by atoms with Gasteiger partial charge >= 0.3 is 0 Å². The van der Waals surface area contributed by atoms with Gasteiger partial charge in [0, 0.05) is 31.9 Å². The van der Waals surface area contributed by atoms with E-state index >= 15 is 0 Å². The van der Waals surface area contributed by atoms with Gasteiger partial charge in [0.2, 0.25) is 0 Å². The molecule has 1 aliphatic rings. The molecule has 0 bridgehead atoms. The molecule has 0 N–H and O–H groups in total. The van der Waals surface area contributed by atoms with E-state index in [1.807, 2.05) is 19.5 Å². The molecule has 0 unspecified atom stereocenters. The molecule has 2 heterocycles. The van der Waals surface area contributed by atoms with Crippen LogP contribution in [0.1, 0.15) is 5.69 Å². The molecule has 0 saturated carbocycles. The first-order chi connectivity index (χ1) is 6.36. The van der Waals surface area contributed by atoms with E-state index in [2.05, 4.69) is 19.9 Å². The zero-order chi connectivity index (χ0) is 9.10. The number of nitrogens with zero attached hydrogens (tertiary/aromatic N) is 4. The van der Waals surface area contributed by atoms with Crippen molar-refractivity contribution >= 4 is 11.9 Å². The van der Waals surface area contributed by atoms with Crippen LogP contribution < -0.4 is 0 Å². The predicted molar refractivity (Wildman–Crippen MR) is 51.1 cm³/mol. The summed E-state index contributed by atoms with van der Waals surface area (Å²) >= 11 is 0. The lowest BCUT2D eigenvalue weighted by atomic mass is 10.3. The Morgan fingerprint density at radius 2 is 2.31 bits per heavy atom. The molecule has 0 spiro atoms. The highest BCUT2D eigenvalue weighted by Gasteiger charge is 2.05. The van der Waals surface area contributed by atoms with Crippen molar-refractivity contribution in [2.45, 2.75) is 0 Å². The maximum atomic E-state index is 4.24. The highest BCUT2D eigenvalue weighted by Crippen LogP contribution is 2.13. The summed E-state index contributed by atoms with van der Waals surface area (Å²) in [7, 11) is 2.00. The van der Waals surface area contributed by atoms with Crippen molar-refractivity contribution in [1.29, 1.82) is 0 Å². The summed E-state index contributed by atoms with van der Waals surface area (Å²) in [6.45, 7) is 0.851. The zero-order valence-electron chi connectivity index (χ0n) is 7.38. The van der Waals surface area contributed by atoms with Gasteiger partial charge in [-0.2, -0.15) is 0 Å². The molecule has 0 radical (unpaired) electrons. The molecular formula is C9H10N4. The minimum Gasteiger partial charge on any atom is -0.373 e. The first kappa shape index (κ1) is 7.91. The zero-order valence-corrected chi connectivity index (χ0v) is 7.38. The third kappa shape index (κ3) is 1.72. The molecular weight excluding hydrogens is 164 g/mol. The van der Waals surface area contributed by atoms with Crippen LogP contribution >= 0.6 is 0 Å². The third-order valence-electron chi connectivity index (χ3n) is 1.77. The lowest BCUT2D eigenvalue weighted by Gasteiger charge is -2.16. The van der Waals surface area contributed by atoms with E-state index < -0.39 is 0 Å². The third-order valence-corrected chi connectivity index (χ3v) is 1.77. The van der Waals surface area contributed by atoms with Crippen LogP contribution in [0.5, 0.6) is 0 Å². The van der Waals surface area contributed by atoms with Gasteiger partial charge in [-0.05, 0) is 0 Å². The molecule has 13 heavy (non-hydrogen) atoms. The molecule has 1 aromatic heterocycles. The molecule has 66 valence electrons. The van der Waals surface area contributed by atoms with E-state index in [0.29, 0.717) is 0 Å². The summed E-state index contributed by atoms with van der Waals surface area (Å²) in [5.74, 6) is 0. The maximum absolute atomic E-state index is 4.24. The lowest BCUT2D eigenvalue weighted by Crippen LogP contribution is -2.17. The van der Waals surface area contributed by atoms with E-state index in [9.17, 15) is 0 Å². The van der Waals surface area contributed by atoms with E-state index in [1.165, 1.54) is 0 Å². The summed E-state index contributed by atoms with van der Waals surface area (Å²) < 4.78 is 0. The summed E-state index contributed by atoms with van der Waals surface area (Å²) in [5.41, 5.74) is 1.67. The van der Waals surface area contributed by atoms with Crippen molar-refractivity contribution in [3.63, 3.8) is 0 Å². The van der Waals surface area contributed by atoms with Crippen LogP contribution in [-0.4, -0.2) is 34.7 Å². The topological polar surface area (TPSA) is 41.4 Å². The predicted octanol–water partition coefficient (Wildman–Crippen LogP) is 0.791. The molecule has 1 aromatic rings. The number of aromatic nitrogens is 2. The van der Waals surface area contributed by atoms with Gasteiger partial charge in [0.15, 0.2) is 0 Å². The lowest BCUT2D eigenvalue weighted by molar-refractivity contribution is 0.525. The summed E-state index contributed by atoms with van der Waals surface area (Å²) in [5, 5.41) is 0. The fraction of sp³-hybridized carbons (Fsp3) is 0.222. The Kier molecular flexibility index (Phi) is 2.04. The Hall–Kier alpha value is -1.71. The van der Waals surface area contributed by atoms with Crippen molar-refractivity contribution in [2.24, 2.45) is 4.99 Å². The van der Waals surface area contributed by atoms with Crippen LogP contribution in [0.15, 0.2) is 29.8 Å². The Labute approximate surface area is 76.7 Å². The average Bonchev–Trinajstić information content (AvgIpc) is 2.19. The van der Waals surface area contributed by atoms with Crippen molar-refractivity contribution in [2.75, 3.05) is 13.6 Å². The summed E-state index contributed by atoms with van der Waals surface area (Å²) in [4.78, 5) is 14.4. The van der Waals surface area contributed by atoms with Crippen LogP contribution in [0.25, 0.3) is 5.70 Å². The average molecular weight is 174 g/mol. The highest BCUT2D eigenvalue weighted by atomic mass is 15.1. The Morgan fingerprint density at radius 3 is 3.00 bits per heavy atom. The van der Waals surface area contributed by atoms with Crippen LogP contribution in [0.4, 0.5) is 0 Å². The van der Waals surface area contributed by atoms with Gasteiger partial charge < -0.3 is 4.90 Å². The molecule has 0 amide bonds. The monoisotopic (exact) mass is 174 g/mol. The van der Waals surface area contributed by atoms with Gasteiger partial charge in [0.1, 0.15) is 11.4 Å². The maximum Gasteiger partial charge on any atom is 0.108 e. The second-order valence-electron chi connectivity index (χ2n) is 2.86. The molecule has 1 aliphatic heterocycles. The molecule has 0 atom stereocenters. The van der Waals surface area contributed by atoms with Crippen molar-refractivity contribution < 1.29 is 0 Å². The van der Waals surface area contributed by atoms with Gasteiger partial charge in [-0.25, -0.2) is 0 Å². The van der Waals surface area contributed by atoms with Crippen LogP contribution in [0.2, 0.25) is 0 Å². The standard InChI is InChI=1S/C9H10N4/c1-13-5-4-12-9(7-13)8-6-10-2-3-11-8/h2-4,6-7H,5H2,1H3. The van der Waals surface area contributed by atoms with Crippen molar-refractivity contribution in [3.05, 3.63) is 30.5 Å². The van der Waals surface area contributed by atoms with Crippen LogP contribution in [0.3, 0.4) is 0 Å². The van der Waals surface area contributed by atoms with Gasteiger partial charge in [0.05, 0.1) is 12.7 Å². The number of hydrogen-bond donors (Lipinski definition) is 0. The quantitative estimate of drug-likeness (QED) is 0.632. The van der Waals surface area contributed by atoms with Gasteiger partial charge in [-0.15, -0.1) is 0 Å². The normalized spacial score (nSPS) is 15.8. The van der Waals surface area contributed by atoms with Crippen LogP contribution in [0, 0.1) is 0 Å². The SMILES string of the molecule is CN1C=C(c2cnccn2)N=CC1.